The summed E-state index contributed by atoms with van der Waals surface area (Å²) in [5, 5.41) is 13.1. The summed E-state index contributed by atoms with van der Waals surface area (Å²) >= 11 is 5.93. The van der Waals surface area contributed by atoms with Crippen molar-refractivity contribution in [2.24, 2.45) is 0 Å². The molecule has 0 saturated carbocycles. The molecule has 0 bridgehead atoms. The molecule has 2 rings (SSSR count). The number of aromatic nitrogens is 2. The smallest absolute Gasteiger partial charge is 0.160 e. The van der Waals surface area contributed by atoms with Gasteiger partial charge in [-0.25, -0.2) is 9.97 Å². The van der Waals surface area contributed by atoms with E-state index in [0.717, 1.165) is 12.0 Å². The second-order valence-electron chi connectivity index (χ2n) is 3.90. The van der Waals surface area contributed by atoms with Gasteiger partial charge in [-0.1, -0.05) is 17.7 Å². The van der Waals surface area contributed by atoms with E-state index in [1.54, 1.807) is 18.3 Å². The first-order valence-corrected chi connectivity index (χ1v) is 6.13. The van der Waals surface area contributed by atoms with Crippen LogP contribution in [0.15, 0.2) is 30.7 Å². The van der Waals surface area contributed by atoms with Crippen LogP contribution in [0.5, 0.6) is 11.5 Å². The van der Waals surface area contributed by atoms with E-state index in [4.69, 9.17) is 16.3 Å². The Bertz CT molecular complexity index is 563. The summed E-state index contributed by atoms with van der Waals surface area (Å²) in [6, 6.07) is 5.27. The number of rotatable bonds is 5. The number of phenolic OH excluding ortho intramolecular Hbond substituents is 1. The minimum absolute atomic E-state index is 0.137. The lowest BCUT2D eigenvalue weighted by Crippen LogP contribution is -2.07. The van der Waals surface area contributed by atoms with Gasteiger partial charge in [0.05, 0.1) is 13.3 Å². The monoisotopic (exact) mass is 279 g/mol. The minimum atomic E-state index is 0.137. The molecule has 0 saturated heterocycles. The number of ether oxygens (including phenoxy) is 1. The zero-order valence-corrected chi connectivity index (χ0v) is 11.2. The van der Waals surface area contributed by atoms with Gasteiger partial charge in [0.2, 0.25) is 0 Å². The van der Waals surface area contributed by atoms with Gasteiger partial charge in [-0.15, -0.1) is 0 Å². The van der Waals surface area contributed by atoms with Crippen LogP contribution in [-0.2, 0) is 6.42 Å². The summed E-state index contributed by atoms with van der Waals surface area (Å²) in [6.07, 6.45) is 3.75. The quantitative estimate of drug-likeness (QED) is 0.880. The molecule has 5 nitrogen and oxygen atoms in total. The highest BCUT2D eigenvalue weighted by molar-refractivity contribution is 6.32. The van der Waals surface area contributed by atoms with E-state index in [-0.39, 0.29) is 5.75 Å². The first kappa shape index (κ1) is 13.4. The highest BCUT2D eigenvalue weighted by atomic mass is 35.5. The van der Waals surface area contributed by atoms with Crippen molar-refractivity contribution in [1.82, 2.24) is 9.97 Å². The molecule has 0 atom stereocenters. The third kappa shape index (κ3) is 3.48. The fourth-order valence-corrected chi connectivity index (χ4v) is 1.82. The average Bonchev–Trinajstić information content (AvgIpc) is 2.43. The first-order valence-electron chi connectivity index (χ1n) is 5.76. The van der Waals surface area contributed by atoms with Gasteiger partial charge in [0.1, 0.15) is 17.2 Å². The first-order chi connectivity index (χ1) is 9.20. The molecule has 0 amide bonds. The van der Waals surface area contributed by atoms with E-state index >= 15 is 0 Å². The van der Waals surface area contributed by atoms with Crippen molar-refractivity contribution in [2.75, 3.05) is 19.0 Å². The number of hydrogen-bond donors (Lipinski definition) is 2. The van der Waals surface area contributed by atoms with Crippen LogP contribution in [0.4, 0.5) is 5.82 Å². The second kappa shape index (κ2) is 6.24. The van der Waals surface area contributed by atoms with Crippen molar-refractivity contribution < 1.29 is 9.84 Å². The fraction of sp³-hybridized carbons (Fsp3) is 0.231. The van der Waals surface area contributed by atoms with Gasteiger partial charge in [-0.2, -0.15) is 0 Å². The Kier molecular flexibility index (Phi) is 4.41. The molecule has 0 radical (unpaired) electrons. The second-order valence-corrected chi connectivity index (χ2v) is 4.31. The van der Waals surface area contributed by atoms with Crippen molar-refractivity contribution in [1.29, 1.82) is 0 Å². The van der Waals surface area contributed by atoms with Crippen LogP contribution in [0, 0.1) is 0 Å². The van der Waals surface area contributed by atoms with Crippen LogP contribution >= 0.6 is 11.6 Å². The summed E-state index contributed by atoms with van der Waals surface area (Å²) in [6.45, 7) is 0.671. The van der Waals surface area contributed by atoms with Gasteiger partial charge in [0.15, 0.2) is 11.5 Å². The number of halogens is 1. The van der Waals surface area contributed by atoms with Gasteiger partial charge in [-0.05, 0) is 24.1 Å². The van der Waals surface area contributed by atoms with Gasteiger partial charge >= 0.3 is 0 Å². The number of phenols is 1. The predicted molar refractivity (Wildman–Crippen MR) is 73.9 cm³/mol. The Hall–Kier alpha value is -2.01. The molecule has 19 heavy (non-hydrogen) atoms. The third-order valence-electron chi connectivity index (χ3n) is 2.62. The van der Waals surface area contributed by atoms with Crippen molar-refractivity contribution in [3.8, 4) is 11.5 Å². The van der Waals surface area contributed by atoms with Gasteiger partial charge in [0.25, 0.3) is 0 Å². The van der Waals surface area contributed by atoms with E-state index in [9.17, 15) is 5.11 Å². The Morgan fingerprint density at radius 1 is 1.42 bits per heavy atom. The zero-order chi connectivity index (χ0) is 13.7. The molecule has 100 valence electrons. The van der Waals surface area contributed by atoms with Gasteiger partial charge in [-0.3, -0.25) is 0 Å². The van der Waals surface area contributed by atoms with Gasteiger partial charge < -0.3 is 15.2 Å². The maximum absolute atomic E-state index is 9.50. The third-order valence-corrected chi connectivity index (χ3v) is 2.89. The maximum Gasteiger partial charge on any atom is 0.160 e. The fourth-order valence-electron chi connectivity index (χ4n) is 1.65. The largest absolute Gasteiger partial charge is 0.504 e. The highest BCUT2D eigenvalue weighted by Crippen LogP contribution is 2.26. The lowest BCUT2D eigenvalue weighted by Gasteiger charge is -2.08. The topological polar surface area (TPSA) is 67.3 Å². The molecular formula is C13H14ClN3O2. The number of aromatic hydroxyl groups is 1. The summed E-state index contributed by atoms with van der Waals surface area (Å²) in [7, 11) is 1.53. The molecule has 6 heteroatoms. The molecule has 0 spiro atoms. The van der Waals surface area contributed by atoms with E-state index < -0.39 is 0 Å². The summed E-state index contributed by atoms with van der Waals surface area (Å²) < 4.78 is 5.06. The normalized spacial score (nSPS) is 10.2. The molecule has 1 aromatic carbocycles. The van der Waals surface area contributed by atoms with E-state index in [1.165, 1.54) is 13.4 Å². The summed E-state index contributed by atoms with van der Waals surface area (Å²) in [5.74, 6) is 1.22. The Morgan fingerprint density at radius 2 is 2.26 bits per heavy atom. The molecule has 0 unspecified atom stereocenters. The van der Waals surface area contributed by atoms with Crippen molar-refractivity contribution >= 4 is 17.4 Å². The van der Waals surface area contributed by atoms with Crippen LogP contribution in [0.25, 0.3) is 0 Å². The Balaban J connectivity index is 1.94. The Morgan fingerprint density at radius 3 is 3.00 bits per heavy atom. The van der Waals surface area contributed by atoms with E-state index in [1.807, 2.05) is 6.07 Å². The van der Waals surface area contributed by atoms with Crippen LogP contribution in [0.3, 0.4) is 0 Å². The number of nitrogens with zero attached hydrogens (tertiary/aromatic N) is 2. The zero-order valence-electron chi connectivity index (χ0n) is 10.4. The number of hydrogen-bond acceptors (Lipinski definition) is 5. The van der Waals surface area contributed by atoms with Crippen LogP contribution < -0.4 is 10.1 Å². The number of benzene rings is 1. The molecular weight excluding hydrogens is 266 g/mol. The summed E-state index contributed by atoms with van der Waals surface area (Å²) in [4.78, 5) is 7.85. The molecule has 0 aliphatic rings. The molecule has 1 aromatic heterocycles. The molecule has 2 N–H and O–H groups in total. The Labute approximate surface area is 116 Å². The average molecular weight is 280 g/mol. The number of nitrogens with one attached hydrogen (secondary N) is 1. The van der Waals surface area contributed by atoms with Gasteiger partial charge in [0, 0.05) is 6.54 Å². The maximum atomic E-state index is 9.50. The highest BCUT2D eigenvalue weighted by Gasteiger charge is 2.04. The van der Waals surface area contributed by atoms with Crippen molar-refractivity contribution in [3.05, 3.63) is 41.3 Å². The van der Waals surface area contributed by atoms with Crippen LogP contribution in [-0.4, -0.2) is 28.7 Å². The lowest BCUT2D eigenvalue weighted by molar-refractivity contribution is 0.373. The van der Waals surface area contributed by atoms with Crippen molar-refractivity contribution in [3.63, 3.8) is 0 Å². The summed E-state index contributed by atoms with van der Waals surface area (Å²) in [5.41, 5.74) is 1.05. The predicted octanol–water partition coefficient (Wildman–Crippen LogP) is 2.50. The van der Waals surface area contributed by atoms with Crippen LogP contribution in [0.1, 0.15) is 5.56 Å². The molecule has 2 aromatic rings. The van der Waals surface area contributed by atoms with Crippen LogP contribution in [0.2, 0.25) is 5.02 Å². The van der Waals surface area contributed by atoms with E-state index in [0.29, 0.717) is 23.1 Å². The molecule has 0 fully saturated rings. The SMILES string of the molecule is COc1cc(CCNc2ncncc2Cl)ccc1O. The molecule has 0 aliphatic heterocycles. The standard InChI is InChI=1S/C13H14ClN3O2/c1-19-12-6-9(2-3-11(12)18)4-5-16-13-10(14)7-15-8-17-13/h2-3,6-8,18H,4-5H2,1H3,(H,15,16,17). The number of methoxy groups -OCH3 is 1. The molecule has 1 heterocycles. The van der Waals surface area contributed by atoms with E-state index in [2.05, 4.69) is 15.3 Å². The lowest BCUT2D eigenvalue weighted by atomic mass is 10.1. The van der Waals surface area contributed by atoms with Crippen molar-refractivity contribution in [2.45, 2.75) is 6.42 Å². The minimum Gasteiger partial charge on any atom is -0.504 e. The molecule has 0 aliphatic carbocycles. The number of anilines is 1.